The molecule has 7 nitrogen and oxygen atoms in total. The number of aliphatic hydroxyl groups excluding tert-OH is 1. The fourth-order valence-corrected chi connectivity index (χ4v) is 3.27. The molecule has 0 radical (unpaired) electrons. The molecule has 4 N–H and O–H groups in total. The van der Waals surface area contributed by atoms with Gasteiger partial charge in [-0.15, -0.1) is 0 Å². The Hall–Kier alpha value is -2.95. The fraction of sp³-hybridized carbons (Fsp3) is 0.278. The number of carbonyl (C=O) groups is 1. The first-order chi connectivity index (χ1) is 12.2. The van der Waals surface area contributed by atoms with E-state index in [0.717, 1.165) is 11.3 Å². The Morgan fingerprint density at radius 3 is 3.04 bits per heavy atom. The van der Waals surface area contributed by atoms with Gasteiger partial charge in [-0.25, -0.2) is 0 Å². The van der Waals surface area contributed by atoms with Gasteiger partial charge >= 0.3 is 0 Å². The SMILES string of the molecule is N#Cc1ccncc1-c1ccc(NC=O)c(N2CC(N)CC2CO)c1. The van der Waals surface area contributed by atoms with Gasteiger partial charge in [-0.3, -0.25) is 9.78 Å². The molecule has 0 bridgehead atoms. The number of benzene rings is 1. The molecule has 0 aliphatic carbocycles. The predicted octanol–water partition coefficient (Wildman–Crippen LogP) is 1.09. The first-order valence-corrected chi connectivity index (χ1v) is 7.99. The molecule has 2 aromatic rings. The predicted molar refractivity (Wildman–Crippen MR) is 94.9 cm³/mol. The molecular formula is C18H19N5O2. The number of aliphatic hydroxyl groups is 1. The lowest BCUT2D eigenvalue weighted by molar-refractivity contribution is -0.105. The molecule has 2 heterocycles. The molecule has 7 heteroatoms. The van der Waals surface area contributed by atoms with Gasteiger partial charge in [0.1, 0.15) is 0 Å². The zero-order valence-corrected chi connectivity index (χ0v) is 13.6. The van der Waals surface area contributed by atoms with E-state index >= 15 is 0 Å². The van der Waals surface area contributed by atoms with Crippen molar-refractivity contribution in [3.8, 4) is 17.2 Å². The maximum absolute atomic E-state index is 11.0. The van der Waals surface area contributed by atoms with Crippen LogP contribution in [0.5, 0.6) is 0 Å². The van der Waals surface area contributed by atoms with Crippen molar-refractivity contribution < 1.29 is 9.90 Å². The van der Waals surface area contributed by atoms with Crippen LogP contribution in [0.4, 0.5) is 11.4 Å². The number of nitrogens with zero attached hydrogens (tertiary/aromatic N) is 3. The smallest absolute Gasteiger partial charge is 0.211 e. The molecule has 128 valence electrons. The highest BCUT2D eigenvalue weighted by Crippen LogP contribution is 2.36. The van der Waals surface area contributed by atoms with Crippen LogP contribution in [0.25, 0.3) is 11.1 Å². The highest BCUT2D eigenvalue weighted by Gasteiger charge is 2.31. The first-order valence-electron chi connectivity index (χ1n) is 7.99. The van der Waals surface area contributed by atoms with Gasteiger partial charge < -0.3 is 21.1 Å². The fourth-order valence-electron chi connectivity index (χ4n) is 3.27. The number of anilines is 2. The zero-order valence-electron chi connectivity index (χ0n) is 13.6. The molecule has 2 unspecified atom stereocenters. The van der Waals surface area contributed by atoms with Crippen LogP contribution in [0.2, 0.25) is 0 Å². The minimum absolute atomic E-state index is 0.0191. The van der Waals surface area contributed by atoms with Crippen LogP contribution in [-0.2, 0) is 4.79 Å². The number of amides is 1. The summed E-state index contributed by atoms with van der Waals surface area (Å²) in [4.78, 5) is 17.1. The lowest BCUT2D eigenvalue weighted by Crippen LogP contribution is -2.33. The third kappa shape index (κ3) is 3.31. The summed E-state index contributed by atoms with van der Waals surface area (Å²) in [5.41, 5.74) is 9.50. The number of hydrogen-bond donors (Lipinski definition) is 3. The topological polar surface area (TPSA) is 115 Å². The number of aromatic nitrogens is 1. The Morgan fingerprint density at radius 1 is 1.48 bits per heavy atom. The van der Waals surface area contributed by atoms with E-state index in [0.29, 0.717) is 36.2 Å². The maximum Gasteiger partial charge on any atom is 0.211 e. The monoisotopic (exact) mass is 337 g/mol. The number of nitriles is 1. The molecular weight excluding hydrogens is 318 g/mol. The van der Waals surface area contributed by atoms with Gasteiger partial charge in [-0.2, -0.15) is 5.26 Å². The van der Waals surface area contributed by atoms with Gasteiger partial charge in [0.15, 0.2) is 0 Å². The number of carbonyl (C=O) groups excluding carboxylic acids is 1. The van der Waals surface area contributed by atoms with Crippen LogP contribution in [-0.4, -0.2) is 41.7 Å². The van der Waals surface area contributed by atoms with E-state index in [-0.39, 0.29) is 18.7 Å². The molecule has 1 aliphatic rings. The van der Waals surface area contributed by atoms with Crippen LogP contribution in [0, 0.1) is 11.3 Å². The molecule has 0 spiro atoms. The first kappa shape index (κ1) is 16.9. The van der Waals surface area contributed by atoms with Crippen molar-refractivity contribution >= 4 is 17.8 Å². The quantitative estimate of drug-likeness (QED) is 0.703. The van der Waals surface area contributed by atoms with Crippen molar-refractivity contribution in [3.63, 3.8) is 0 Å². The second-order valence-electron chi connectivity index (χ2n) is 6.01. The van der Waals surface area contributed by atoms with E-state index in [1.54, 1.807) is 24.5 Å². The summed E-state index contributed by atoms with van der Waals surface area (Å²) < 4.78 is 0. The molecule has 0 saturated carbocycles. The highest BCUT2D eigenvalue weighted by molar-refractivity contribution is 5.86. The number of nitrogens with one attached hydrogen (secondary N) is 1. The molecule has 25 heavy (non-hydrogen) atoms. The Bertz CT molecular complexity index is 817. The van der Waals surface area contributed by atoms with Gasteiger partial charge in [0.2, 0.25) is 6.41 Å². The van der Waals surface area contributed by atoms with E-state index in [1.807, 2.05) is 17.0 Å². The van der Waals surface area contributed by atoms with E-state index in [1.165, 1.54) is 0 Å². The lowest BCUT2D eigenvalue weighted by atomic mass is 10.0. The van der Waals surface area contributed by atoms with Crippen molar-refractivity contribution in [1.82, 2.24) is 4.98 Å². The van der Waals surface area contributed by atoms with Crippen molar-refractivity contribution in [2.45, 2.75) is 18.5 Å². The summed E-state index contributed by atoms with van der Waals surface area (Å²) in [6.07, 6.45) is 4.52. The molecule has 1 aromatic heterocycles. The molecule has 1 fully saturated rings. The molecule has 1 aliphatic heterocycles. The number of hydrogen-bond acceptors (Lipinski definition) is 6. The Morgan fingerprint density at radius 2 is 2.32 bits per heavy atom. The summed E-state index contributed by atoms with van der Waals surface area (Å²) in [6, 6.07) is 9.18. The number of pyridine rings is 1. The van der Waals surface area contributed by atoms with Crippen LogP contribution < -0.4 is 16.0 Å². The summed E-state index contributed by atoms with van der Waals surface area (Å²) in [7, 11) is 0. The molecule has 1 aromatic carbocycles. The molecule has 3 rings (SSSR count). The second kappa shape index (κ2) is 7.30. The minimum atomic E-state index is -0.109. The van der Waals surface area contributed by atoms with E-state index < -0.39 is 0 Å². The number of rotatable bonds is 5. The van der Waals surface area contributed by atoms with Gasteiger partial charge in [0, 0.05) is 30.5 Å². The largest absolute Gasteiger partial charge is 0.394 e. The normalized spacial score (nSPS) is 19.5. The third-order valence-corrected chi connectivity index (χ3v) is 4.43. The second-order valence-corrected chi connectivity index (χ2v) is 6.01. The van der Waals surface area contributed by atoms with Gasteiger partial charge in [-0.1, -0.05) is 6.07 Å². The highest BCUT2D eigenvalue weighted by atomic mass is 16.3. The average molecular weight is 337 g/mol. The van der Waals surface area contributed by atoms with Crippen LogP contribution in [0.1, 0.15) is 12.0 Å². The Kier molecular flexibility index (Phi) is 4.93. The minimum Gasteiger partial charge on any atom is -0.394 e. The standard InChI is InChI=1S/C18H19N5O2/c19-7-13-3-4-21-8-16(13)12-1-2-17(22-11-25)18(5-12)23-9-14(20)6-15(23)10-24/h1-5,8,11,14-15,24H,6,9-10,20H2,(H,22,25). The maximum atomic E-state index is 11.0. The Balaban J connectivity index is 2.09. The van der Waals surface area contributed by atoms with E-state index in [9.17, 15) is 15.2 Å². The van der Waals surface area contributed by atoms with Crippen LogP contribution in [0.15, 0.2) is 36.7 Å². The van der Waals surface area contributed by atoms with E-state index in [2.05, 4.69) is 16.4 Å². The molecule has 2 atom stereocenters. The Labute approximate surface area is 145 Å². The summed E-state index contributed by atoms with van der Waals surface area (Å²) in [5.74, 6) is 0. The summed E-state index contributed by atoms with van der Waals surface area (Å²) in [5, 5.41) is 21.7. The number of nitrogens with two attached hydrogens (primary N) is 1. The zero-order chi connectivity index (χ0) is 17.8. The van der Waals surface area contributed by atoms with Crippen molar-refractivity contribution in [2.75, 3.05) is 23.4 Å². The van der Waals surface area contributed by atoms with Crippen molar-refractivity contribution in [3.05, 3.63) is 42.2 Å². The summed E-state index contributed by atoms with van der Waals surface area (Å²) in [6.45, 7) is 0.565. The molecule has 1 amide bonds. The van der Waals surface area contributed by atoms with Crippen LogP contribution in [0.3, 0.4) is 0 Å². The van der Waals surface area contributed by atoms with Crippen molar-refractivity contribution in [2.24, 2.45) is 5.73 Å². The van der Waals surface area contributed by atoms with Crippen LogP contribution >= 0.6 is 0 Å². The van der Waals surface area contributed by atoms with Crippen molar-refractivity contribution in [1.29, 1.82) is 5.26 Å². The summed E-state index contributed by atoms with van der Waals surface area (Å²) >= 11 is 0. The van der Waals surface area contributed by atoms with E-state index in [4.69, 9.17) is 5.73 Å². The third-order valence-electron chi connectivity index (χ3n) is 4.43. The van der Waals surface area contributed by atoms with Gasteiger partial charge in [0.25, 0.3) is 0 Å². The van der Waals surface area contributed by atoms with Gasteiger partial charge in [-0.05, 0) is 30.2 Å². The average Bonchev–Trinajstić information content (AvgIpc) is 3.03. The molecule has 1 saturated heterocycles. The lowest BCUT2D eigenvalue weighted by Gasteiger charge is -2.28. The van der Waals surface area contributed by atoms with Gasteiger partial charge in [0.05, 0.1) is 35.7 Å².